The number of methoxy groups -OCH3 is 1. The van der Waals surface area contributed by atoms with E-state index in [1.165, 1.54) is 0 Å². The highest BCUT2D eigenvalue weighted by molar-refractivity contribution is 5.84. The van der Waals surface area contributed by atoms with Crippen molar-refractivity contribution in [1.82, 2.24) is 0 Å². The lowest BCUT2D eigenvalue weighted by atomic mass is 9.91. The van der Waals surface area contributed by atoms with Crippen molar-refractivity contribution >= 4 is 11.7 Å². The van der Waals surface area contributed by atoms with Crippen LogP contribution in [0.2, 0.25) is 0 Å². The molecule has 0 aliphatic heterocycles. The smallest absolute Gasteiger partial charge is 0.333 e. The number of nitrogens with one attached hydrogen (secondary N) is 1. The fourth-order valence-corrected chi connectivity index (χ4v) is 2.13. The molecule has 0 fully saturated rings. The molecule has 2 N–H and O–H groups in total. The third-order valence-electron chi connectivity index (χ3n) is 3.52. The van der Waals surface area contributed by atoms with Crippen LogP contribution in [-0.4, -0.2) is 18.2 Å². The molecule has 0 saturated carbocycles. The minimum Gasteiger partial charge on any atom is -0.497 e. The number of rotatable bonds is 5. The molecule has 2 rings (SSSR count). The highest BCUT2D eigenvalue weighted by Gasteiger charge is 2.35. The van der Waals surface area contributed by atoms with Crippen molar-refractivity contribution < 1.29 is 14.6 Å². The third kappa shape index (κ3) is 3.16. The number of benzene rings is 2. The summed E-state index contributed by atoms with van der Waals surface area (Å²) in [5.74, 6) is -0.259. The fourth-order valence-electron chi connectivity index (χ4n) is 2.13. The summed E-state index contributed by atoms with van der Waals surface area (Å²) in [6.07, 6.45) is 0. The number of aryl methyl sites for hydroxylation is 1. The first-order chi connectivity index (χ1) is 9.95. The molecule has 0 heterocycles. The average molecular weight is 285 g/mol. The molecule has 21 heavy (non-hydrogen) atoms. The zero-order chi connectivity index (χ0) is 15.5. The second-order valence-electron chi connectivity index (χ2n) is 5.15. The molecular formula is C17H19NO3. The van der Waals surface area contributed by atoms with E-state index in [0.29, 0.717) is 17.0 Å². The number of ether oxygens (including phenoxy) is 1. The number of carbonyl (C=O) groups is 1. The van der Waals surface area contributed by atoms with Crippen molar-refractivity contribution in [3.8, 4) is 5.75 Å². The van der Waals surface area contributed by atoms with E-state index in [-0.39, 0.29) is 0 Å². The van der Waals surface area contributed by atoms with E-state index >= 15 is 0 Å². The predicted molar refractivity (Wildman–Crippen MR) is 82.8 cm³/mol. The quantitative estimate of drug-likeness (QED) is 0.883. The van der Waals surface area contributed by atoms with E-state index in [0.717, 1.165) is 5.56 Å². The molecular weight excluding hydrogens is 266 g/mol. The van der Waals surface area contributed by atoms with Gasteiger partial charge >= 0.3 is 5.97 Å². The summed E-state index contributed by atoms with van der Waals surface area (Å²) in [4.78, 5) is 11.8. The van der Waals surface area contributed by atoms with Crippen molar-refractivity contribution in [3.05, 3.63) is 59.7 Å². The standard InChI is InChI=1S/C17H19NO3/c1-12-7-9-13(10-8-12)17(2,16(19)20)18-14-5-4-6-15(11-14)21-3/h4-11,18H,1-3H3,(H,19,20). The van der Waals surface area contributed by atoms with Gasteiger partial charge in [0, 0.05) is 11.8 Å². The summed E-state index contributed by atoms with van der Waals surface area (Å²) in [7, 11) is 1.58. The van der Waals surface area contributed by atoms with E-state index in [1.807, 2.05) is 49.4 Å². The van der Waals surface area contributed by atoms with Crippen LogP contribution in [0.3, 0.4) is 0 Å². The SMILES string of the molecule is COc1cccc(NC(C)(C(=O)O)c2ccc(C)cc2)c1. The van der Waals surface area contributed by atoms with Gasteiger partial charge in [0.25, 0.3) is 0 Å². The van der Waals surface area contributed by atoms with Crippen LogP contribution in [0.5, 0.6) is 5.75 Å². The third-order valence-corrected chi connectivity index (χ3v) is 3.52. The number of carboxylic acid groups (broad SMARTS) is 1. The number of anilines is 1. The molecule has 110 valence electrons. The Kier molecular flexibility index (Phi) is 4.17. The normalized spacial score (nSPS) is 13.3. The van der Waals surface area contributed by atoms with Gasteiger partial charge in [0.05, 0.1) is 7.11 Å². The predicted octanol–water partition coefficient (Wildman–Crippen LogP) is 3.42. The molecule has 0 bridgehead atoms. The van der Waals surface area contributed by atoms with Gasteiger partial charge in [-0.3, -0.25) is 0 Å². The Morgan fingerprint density at radius 1 is 1.19 bits per heavy atom. The Morgan fingerprint density at radius 2 is 1.86 bits per heavy atom. The summed E-state index contributed by atoms with van der Waals surface area (Å²) in [6.45, 7) is 3.62. The number of carboxylic acids is 1. The van der Waals surface area contributed by atoms with Crippen LogP contribution in [0.4, 0.5) is 5.69 Å². The first-order valence-electron chi connectivity index (χ1n) is 6.68. The Hall–Kier alpha value is -2.49. The highest BCUT2D eigenvalue weighted by Crippen LogP contribution is 2.28. The van der Waals surface area contributed by atoms with Gasteiger partial charge in [-0.1, -0.05) is 35.9 Å². The van der Waals surface area contributed by atoms with Crippen LogP contribution in [0.1, 0.15) is 18.1 Å². The number of aliphatic carboxylic acids is 1. The highest BCUT2D eigenvalue weighted by atomic mass is 16.5. The average Bonchev–Trinajstić information content (AvgIpc) is 2.47. The Bertz CT molecular complexity index is 637. The number of hydrogen-bond acceptors (Lipinski definition) is 3. The summed E-state index contributed by atoms with van der Waals surface area (Å²) < 4.78 is 5.16. The largest absolute Gasteiger partial charge is 0.497 e. The van der Waals surface area contributed by atoms with E-state index in [4.69, 9.17) is 4.74 Å². The van der Waals surface area contributed by atoms with E-state index in [1.54, 1.807) is 20.1 Å². The maximum atomic E-state index is 11.8. The molecule has 0 spiro atoms. The van der Waals surface area contributed by atoms with Crippen LogP contribution in [-0.2, 0) is 10.3 Å². The molecule has 4 heteroatoms. The minimum atomic E-state index is -1.21. The van der Waals surface area contributed by atoms with Crippen molar-refractivity contribution in [2.24, 2.45) is 0 Å². The van der Waals surface area contributed by atoms with Crippen molar-refractivity contribution in [3.63, 3.8) is 0 Å². The van der Waals surface area contributed by atoms with E-state index in [2.05, 4.69) is 5.32 Å². The van der Waals surface area contributed by atoms with Crippen molar-refractivity contribution in [1.29, 1.82) is 0 Å². The fraction of sp³-hybridized carbons (Fsp3) is 0.235. The van der Waals surface area contributed by atoms with Gasteiger partial charge in [0.2, 0.25) is 0 Å². The van der Waals surface area contributed by atoms with Crippen LogP contribution in [0, 0.1) is 6.92 Å². The summed E-state index contributed by atoms with van der Waals surface area (Å²) >= 11 is 0. The molecule has 0 aliphatic carbocycles. The van der Waals surface area contributed by atoms with Gasteiger partial charge in [0.15, 0.2) is 5.54 Å². The molecule has 0 aromatic heterocycles. The van der Waals surface area contributed by atoms with Gasteiger partial charge in [-0.25, -0.2) is 4.79 Å². The summed E-state index contributed by atoms with van der Waals surface area (Å²) in [6, 6.07) is 14.7. The van der Waals surface area contributed by atoms with Crippen LogP contribution < -0.4 is 10.1 Å². The van der Waals surface area contributed by atoms with E-state index in [9.17, 15) is 9.90 Å². The van der Waals surface area contributed by atoms with E-state index < -0.39 is 11.5 Å². The Labute approximate surface area is 124 Å². The van der Waals surface area contributed by atoms with Gasteiger partial charge in [-0.05, 0) is 31.5 Å². The molecule has 0 radical (unpaired) electrons. The van der Waals surface area contributed by atoms with Crippen LogP contribution in [0.15, 0.2) is 48.5 Å². The van der Waals surface area contributed by atoms with Crippen molar-refractivity contribution in [2.75, 3.05) is 12.4 Å². The Balaban J connectivity index is 2.38. The molecule has 2 aromatic rings. The number of hydrogen-bond donors (Lipinski definition) is 2. The lowest BCUT2D eigenvalue weighted by molar-refractivity contribution is -0.142. The van der Waals surface area contributed by atoms with Gasteiger partial charge in [-0.2, -0.15) is 0 Å². The molecule has 1 atom stereocenters. The lowest BCUT2D eigenvalue weighted by Gasteiger charge is -2.28. The van der Waals surface area contributed by atoms with Gasteiger partial charge < -0.3 is 15.2 Å². The molecule has 0 amide bonds. The Morgan fingerprint density at radius 3 is 2.43 bits per heavy atom. The molecule has 0 aliphatic rings. The molecule has 2 aromatic carbocycles. The minimum absolute atomic E-state index is 0.677. The van der Waals surface area contributed by atoms with Crippen LogP contribution >= 0.6 is 0 Å². The zero-order valence-corrected chi connectivity index (χ0v) is 12.4. The zero-order valence-electron chi connectivity index (χ0n) is 12.4. The maximum Gasteiger partial charge on any atom is 0.333 e. The molecule has 1 unspecified atom stereocenters. The first-order valence-corrected chi connectivity index (χ1v) is 6.68. The summed E-state index contributed by atoms with van der Waals surface area (Å²) in [5.41, 5.74) is 1.27. The monoisotopic (exact) mass is 285 g/mol. The first kappa shape index (κ1) is 14.9. The second-order valence-corrected chi connectivity index (χ2v) is 5.15. The van der Waals surface area contributed by atoms with Crippen LogP contribution in [0.25, 0.3) is 0 Å². The molecule has 4 nitrogen and oxygen atoms in total. The van der Waals surface area contributed by atoms with Gasteiger partial charge in [0.1, 0.15) is 5.75 Å². The maximum absolute atomic E-state index is 11.8. The second kappa shape index (κ2) is 5.87. The molecule has 0 saturated heterocycles. The lowest BCUT2D eigenvalue weighted by Crippen LogP contribution is -2.40. The van der Waals surface area contributed by atoms with Gasteiger partial charge in [-0.15, -0.1) is 0 Å². The topological polar surface area (TPSA) is 58.6 Å². The van der Waals surface area contributed by atoms with Crippen molar-refractivity contribution in [2.45, 2.75) is 19.4 Å². The summed E-state index contributed by atoms with van der Waals surface area (Å²) in [5, 5.41) is 12.7.